The van der Waals surface area contributed by atoms with Gasteiger partial charge in [0.2, 0.25) is 0 Å². The first kappa shape index (κ1) is 14.7. The summed E-state index contributed by atoms with van der Waals surface area (Å²) in [5.74, 6) is -2.10. The Morgan fingerprint density at radius 1 is 1.14 bits per heavy atom. The van der Waals surface area contributed by atoms with Crippen LogP contribution in [0.1, 0.15) is 11.1 Å². The molecule has 0 bridgehead atoms. The molecule has 0 amide bonds. The number of benzene rings is 2. The summed E-state index contributed by atoms with van der Waals surface area (Å²) in [4.78, 5) is 10.5. The Bertz CT molecular complexity index is 688. The van der Waals surface area contributed by atoms with Crippen molar-refractivity contribution in [1.29, 1.82) is 0 Å². The van der Waals surface area contributed by atoms with Crippen molar-refractivity contribution in [3.05, 3.63) is 65.2 Å². The van der Waals surface area contributed by atoms with E-state index in [2.05, 4.69) is 0 Å². The van der Waals surface area contributed by atoms with Crippen LogP contribution in [0.25, 0.3) is 6.08 Å². The van der Waals surface area contributed by atoms with Gasteiger partial charge in [-0.3, -0.25) is 0 Å². The van der Waals surface area contributed by atoms with E-state index in [4.69, 9.17) is 9.84 Å². The van der Waals surface area contributed by atoms with E-state index in [-0.39, 0.29) is 5.75 Å². The molecular formula is C16H12F2O3. The number of carboxylic acid groups (broad SMARTS) is 1. The fraction of sp³-hybridized carbons (Fsp3) is 0.0625. The van der Waals surface area contributed by atoms with Gasteiger partial charge < -0.3 is 9.84 Å². The molecule has 21 heavy (non-hydrogen) atoms. The average Bonchev–Trinajstić information content (AvgIpc) is 2.38. The van der Waals surface area contributed by atoms with Gasteiger partial charge in [-0.15, -0.1) is 0 Å². The topological polar surface area (TPSA) is 46.5 Å². The highest BCUT2D eigenvalue weighted by Gasteiger charge is 2.06. The van der Waals surface area contributed by atoms with Crippen LogP contribution in [0.5, 0.6) is 11.5 Å². The van der Waals surface area contributed by atoms with E-state index < -0.39 is 17.6 Å². The molecule has 0 heterocycles. The van der Waals surface area contributed by atoms with E-state index in [1.807, 2.05) is 0 Å². The number of carbonyl (C=O) groups is 1. The highest BCUT2D eigenvalue weighted by Crippen LogP contribution is 2.27. The van der Waals surface area contributed by atoms with Crippen LogP contribution < -0.4 is 4.74 Å². The van der Waals surface area contributed by atoms with Gasteiger partial charge in [0.05, 0.1) is 0 Å². The fourth-order valence-corrected chi connectivity index (χ4v) is 1.71. The van der Waals surface area contributed by atoms with E-state index in [1.165, 1.54) is 6.08 Å². The van der Waals surface area contributed by atoms with Crippen molar-refractivity contribution in [1.82, 2.24) is 0 Å². The number of ether oxygens (including phenoxy) is 1. The van der Waals surface area contributed by atoms with Crippen molar-refractivity contribution in [2.45, 2.75) is 6.92 Å². The molecular weight excluding hydrogens is 278 g/mol. The van der Waals surface area contributed by atoms with Crippen molar-refractivity contribution in [2.24, 2.45) is 0 Å². The van der Waals surface area contributed by atoms with Crippen molar-refractivity contribution >= 4 is 12.0 Å². The lowest BCUT2D eigenvalue weighted by molar-refractivity contribution is -0.131. The third-order valence-electron chi connectivity index (χ3n) is 2.69. The summed E-state index contributed by atoms with van der Waals surface area (Å²) in [5.41, 5.74) is 1.36. The first-order valence-electron chi connectivity index (χ1n) is 6.09. The number of rotatable bonds is 4. The predicted octanol–water partition coefficient (Wildman–Crippen LogP) is 4.16. The van der Waals surface area contributed by atoms with Gasteiger partial charge in [-0.05, 0) is 30.2 Å². The van der Waals surface area contributed by atoms with Gasteiger partial charge in [0.1, 0.15) is 23.1 Å². The molecule has 1 N–H and O–H groups in total. The SMILES string of the molecule is Cc1ccc(/C=C/C(=O)O)cc1Oc1cc(F)cc(F)c1. The van der Waals surface area contributed by atoms with E-state index in [0.29, 0.717) is 11.3 Å². The second-order valence-electron chi connectivity index (χ2n) is 4.40. The van der Waals surface area contributed by atoms with E-state index in [9.17, 15) is 13.6 Å². The molecule has 0 aliphatic rings. The summed E-state index contributed by atoms with van der Waals surface area (Å²) in [6.45, 7) is 1.77. The van der Waals surface area contributed by atoms with Gasteiger partial charge in [0.25, 0.3) is 0 Å². The minimum Gasteiger partial charge on any atom is -0.478 e. The number of aliphatic carboxylic acids is 1. The lowest BCUT2D eigenvalue weighted by Gasteiger charge is -2.10. The minimum absolute atomic E-state index is 0.0370. The molecule has 0 atom stereocenters. The van der Waals surface area contributed by atoms with Gasteiger partial charge in [0.15, 0.2) is 0 Å². The van der Waals surface area contributed by atoms with Gasteiger partial charge in [0, 0.05) is 24.3 Å². The van der Waals surface area contributed by atoms with Gasteiger partial charge in [-0.1, -0.05) is 12.1 Å². The normalized spacial score (nSPS) is 10.8. The maximum absolute atomic E-state index is 13.1. The molecule has 0 saturated heterocycles. The molecule has 0 unspecified atom stereocenters. The molecule has 3 nitrogen and oxygen atoms in total. The first-order chi connectivity index (χ1) is 9.94. The quantitative estimate of drug-likeness (QED) is 0.860. The minimum atomic E-state index is -1.06. The third kappa shape index (κ3) is 4.14. The number of halogens is 2. The van der Waals surface area contributed by atoms with Gasteiger partial charge >= 0.3 is 5.97 Å². The lowest BCUT2D eigenvalue weighted by atomic mass is 10.1. The van der Waals surface area contributed by atoms with Crippen LogP contribution in [0.3, 0.4) is 0 Å². The predicted molar refractivity (Wildman–Crippen MR) is 74.3 cm³/mol. The number of hydrogen-bond acceptors (Lipinski definition) is 2. The molecule has 0 radical (unpaired) electrons. The summed E-state index contributed by atoms with van der Waals surface area (Å²) < 4.78 is 31.7. The zero-order valence-electron chi connectivity index (χ0n) is 11.1. The second kappa shape index (κ2) is 6.17. The Labute approximate surface area is 120 Å². The van der Waals surface area contributed by atoms with E-state index in [0.717, 1.165) is 29.8 Å². The highest BCUT2D eigenvalue weighted by atomic mass is 19.1. The largest absolute Gasteiger partial charge is 0.478 e. The zero-order valence-corrected chi connectivity index (χ0v) is 11.1. The number of carboxylic acids is 1. The van der Waals surface area contributed by atoms with Crippen LogP contribution in [0.4, 0.5) is 8.78 Å². The molecule has 5 heteroatoms. The van der Waals surface area contributed by atoms with E-state index >= 15 is 0 Å². The summed E-state index contributed by atoms with van der Waals surface area (Å²) in [6, 6.07) is 7.94. The molecule has 108 valence electrons. The average molecular weight is 290 g/mol. The molecule has 2 aromatic rings. The second-order valence-corrected chi connectivity index (χ2v) is 4.40. The Hall–Kier alpha value is -2.69. The smallest absolute Gasteiger partial charge is 0.328 e. The Balaban J connectivity index is 2.30. The van der Waals surface area contributed by atoms with Crippen LogP contribution in [0, 0.1) is 18.6 Å². The van der Waals surface area contributed by atoms with Crippen LogP contribution in [-0.4, -0.2) is 11.1 Å². The number of hydrogen-bond donors (Lipinski definition) is 1. The summed E-state index contributed by atoms with van der Waals surface area (Å²) >= 11 is 0. The highest BCUT2D eigenvalue weighted by molar-refractivity contribution is 5.85. The van der Waals surface area contributed by atoms with Crippen LogP contribution in [0.15, 0.2) is 42.5 Å². The van der Waals surface area contributed by atoms with Gasteiger partial charge in [-0.2, -0.15) is 0 Å². The molecule has 2 aromatic carbocycles. The van der Waals surface area contributed by atoms with Crippen molar-refractivity contribution in [3.63, 3.8) is 0 Å². The summed E-state index contributed by atoms with van der Waals surface area (Å²) in [5, 5.41) is 8.59. The molecule has 0 aliphatic carbocycles. The van der Waals surface area contributed by atoms with Gasteiger partial charge in [-0.25, -0.2) is 13.6 Å². The monoisotopic (exact) mass is 290 g/mol. The maximum Gasteiger partial charge on any atom is 0.328 e. The standard InChI is InChI=1S/C16H12F2O3/c1-10-2-3-11(4-5-16(19)20)6-15(10)21-14-8-12(17)7-13(18)9-14/h2-9H,1H3,(H,19,20)/b5-4+. The Kier molecular flexibility index (Phi) is 4.33. The molecule has 0 aliphatic heterocycles. The van der Waals surface area contributed by atoms with Crippen LogP contribution >= 0.6 is 0 Å². The van der Waals surface area contributed by atoms with Crippen molar-refractivity contribution in [3.8, 4) is 11.5 Å². The first-order valence-corrected chi connectivity index (χ1v) is 6.09. The van der Waals surface area contributed by atoms with Crippen LogP contribution in [-0.2, 0) is 4.79 Å². The Morgan fingerprint density at radius 2 is 1.81 bits per heavy atom. The van der Waals surface area contributed by atoms with Crippen LogP contribution in [0.2, 0.25) is 0 Å². The summed E-state index contributed by atoms with van der Waals surface area (Å²) in [7, 11) is 0. The third-order valence-corrected chi connectivity index (χ3v) is 2.69. The summed E-state index contributed by atoms with van der Waals surface area (Å²) in [6.07, 6.45) is 2.40. The molecule has 0 saturated carbocycles. The number of aryl methyl sites for hydroxylation is 1. The zero-order chi connectivity index (χ0) is 15.4. The molecule has 2 rings (SSSR count). The lowest BCUT2D eigenvalue weighted by Crippen LogP contribution is -1.91. The molecule has 0 fully saturated rings. The van der Waals surface area contributed by atoms with E-state index in [1.54, 1.807) is 25.1 Å². The fourth-order valence-electron chi connectivity index (χ4n) is 1.71. The van der Waals surface area contributed by atoms with Crippen molar-refractivity contribution < 1.29 is 23.4 Å². The Morgan fingerprint density at radius 3 is 2.43 bits per heavy atom. The molecule has 0 spiro atoms. The maximum atomic E-state index is 13.1. The van der Waals surface area contributed by atoms with Crippen molar-refractivity contribution in [2.75, 3.05) is 0 Å². The molecule has 0 aromatic heterocycles.